The van der Waals surface area contributed by atoms with E-state index in [2.05, 4.69) is 29.3 Å². The minimum absolute atomic E-state index is 0.128. The third-order valence-electron chi connectivity index (χ3n) is 4.38. The van der Waals surface area contributed by atoms with Crippen molar-refractivity contribution in [2.24, 2.45) is 5.92 Å². The summed E-state index contributed by atoms with van der Waals surface area (Å²) in [5.74, 6) is 1.81. The molecule has 1 aliphatic heterocycles. The lowest BCUT2D eigenvalue weighted by Crippen LogP contribution is -2.40. The molecule has 1 saturated heterocycles. The quantitative estimate of drug-likeness (QED) is 0.940. The van der Waals surface area contributed by atoms with Gasteiger partial charge in [0, 0.05) is 16.0 Å². The highest BCUT2D eigenvalue weighted by Gasteiger charge is 2.37. The fraction of sp³-hybridized carbons (Fsp3) is 0.500. The van der Waals surface area contributed by atoms with Gasteiger partial charge in [-0.15, -0.1) is 0 Å². The van der Waals surface area contributed by atoms with Crippen LogP contribution in [0.4, 0.5) is 0 Å². The van der Waals surface area contributed by atoms with Crippen LogP contribution in [0.5, 0.6) is 0 Å². The maximum atomic E-state index is 6.02. The second kappa shape index (κ2) is 5.78. The predicted molar refractivity (Wildman–Crippen MR) is 83.4 cm³/mol. The largest absolute Gasteiger partial charge is 0.338 e. The molecule has 112 valence electrons. The summed E-state index contributed by atoms with van der Waals surface area (Å²) in [5, 5.41) is 8.25. The first-order valence-corrected chi connectivity index (χ1v) is 7.76. The number of nitrogens with one attached hydrogen (secondary N) is 1. The molecular formula is C16H20ClN3O. The molecule has 1 unspecified atom stereocenters. The highest BCUT2D eigenvalue weighted by Crippen LogP contribution is 2.35. The molecule has 0 amide bonds. The van der Waals surface area contributed by atoms with Crippen molar-refractivity contribution < 1.29 is 4.52 Å². The van der Waals surface area contributed by atoms with Gasteiger partial charge in [0.15, 0.2) is 0 Å². The van der Waals surface area contributed by atoms with E-state index in [4.69, 9.17) is 16.1 Å². The van der Waals surface area contributed by atoms with Gasteiger partial charge in [0.25, 0.3) is 0 Å². The summed E-state index contributed by atoms with van der Waals surface area (Å²) >= 11 is 6.02. The normalized spacial score (nSPS) is 19.7. The Morgan fingerprint density at radius 2 is 2.24 bits per heavy atom. The van der Waals surface area contributed by atoms with Crippen molar-refractivity contribution in [3.63, 3.8) is 0 Å². The molecule has 1 fully saturated rings. The van der Waals surface area contributed by atoms with Crippen LogP contribution in [0.15, 0.2) is 28.8 Å². The van der Waals surface area contributed by atoms with E-state index in [0.717, 1.165) is 18.7 Å². The van der Waals surface area contributed by atoms with Crippen LogP contribution in [0.1, 0.15) is 32.6 Å². The standard InChI is InChI=1S/C16H20ClN3O/c1-16(2,12-6-4-8-18-10-12)15-19-14(20-21-15)11-5-3-7-13(17)9-11/h3,5,7,9,12,18H,4,6,8,10H2,1-2H3. The molecule has 1 aromatic heterocycles. The van der Waals surface area contributed by atoms with Crippen LogP contribution in [0.2, 0.25) is 5.02 Å². The van der Waals surface area contributed by atoms with E-state index in [1.807, 2.05) is 24.3 Å². The highest BCUT2D eigenvalue weighted by molar-refractivity contribution is 6.30. The maximum absolute atomic E-state index is 6.02. The minimum atomic E-state index is -0.128. The van der Waals surface area contributed by atoms with Crippen molar-refractivity contribution in [3.8, 4) is 11.4 Å². The van der Waals surface area contributed by atoms with Crippen molar-refractivity contribution >= 4 is 11.6 Å². The fourth-order valence-electron chi connectivity index (χ4n) is 2.87. The molecule has 1 N–H and O–H groups in total. The molecule has 2 aromatic rings. The van der Waals surface area contributed by atoms with E-state index in [1.165, 1.54) is 12.8 Å². The van der Waals surface area contributed by atoms with Gasteiger partial charge in [-0.1, -0.05) is 42.7 Å². The average molecular weight is 306 g/mol. The Morgan fingerprint density at radius 1 is 1.38 bits per heavy atom. The monoisotopic (exact) mass is 305 g/mol. The summed E-state index contributed by atoms with van der Waals surface area (Å²) in [6, 6.07) is 7.52. The van der Waals surface area contributed by atoms with E-state index in [0.29, 0.717) is 22.7 Å². The number of aromatic nitrogens is 2. The smallest absolute Gasteiger partial charge is 0.232 e. The average Bonchev–Trinajstić information content (AvgIpc) is 2.99. The van der Waals surface area contributed by atoms with Crippen LogP contribution >= 0.6 is 11.6 Å². The van der Waals surface area contributed by atoms with Gasteiger partial charge in [-0.3, -0.25) is 0 Å². The van der Waals surface area contributed by atoms with Crippen molar-refractivity contribution in [2.75, 3.05) is 13.1 Å². The lowest BCUT2D eigenvalue weighted by Gasteiger charge is -2.34. The van der Waals surface area contributed by atoms with Crippen molar-refractivity contribution in [2.45, 2.75) is 32.1 Å². The molecule has 1 atom stereocenters. The summed E-state index contributed by atoms with van der Waals surface area (Å²) in [6.45, 7) is 6.46. The van der Waals surface area contributed by atoms with Crippen LogP contribution in [0.3, 0.4) is 0 Å². The summed E-state index contributed by atoms with van der Waals surface area (Å²) < 4.78 is 5.54. The Hall–Kier alpha value is -1.39. The van der Waals surface area contributed by atoms with Crippen LogP contribution < -0.4 is 5.32 Å². The molecule has 5 heteroatoms. The number of piperidine rings is 1. The lowest BCUT2D eigenvalue weighted by molar-refractivity contribution is 0.196. The van der Waals surface area contributed by atoms with E-state index in [1.54, 1.807) is 0 Å². The molecule has 0 spiro atoms. The molecule has 1 aromatic carbocycles. The van der Waals surface area contributed by atoms with Gasteiger partial charge in [0.2, 0.25) is 11.7 Å². The minimum Gasteiger partial charge on any atom is -0.338 e. The third kappa shape index (κ3) is 2.97. The number of hydrogen-bond acceptors (Lipinski definition) is 4. The molecule has 0 aliphatic carbocycles. The molecule has 21 heavy (non-hydrogen) atoms. The van der Waals surface area contributed by atoms with Gasteiger partial charge < -0.3 is 9.84 Å². The van der Waals surface area contributed by atoms with Gasteiger partial charge >= 0.3 is 0 Å². The Bertz CT molecular complexity index is 617. The summed E-state index contributed by atoms with van der Waals surface area (Å²) in [6.07, 6.45) is 2.39. The Kier molecular flexibility index (Phi) is 4.00. The molecule has 1 aliphatic rings. The molecule has 0 radical (unpaired) electrons. The first kappa shape index (κ1) is 14.5. The third-order valence-corrected chi connectivity index (χ3v) is 4.61. The van der Waals surface area contributed by atoms with Crippen LogP contribution in [-0.4, -0.2) is 23.2 Å². The van der Waals surface area contributed by atoms with Gasteiger partial charge in [-0.25, -0.2) is 0 Å². The SMILES string of the molecule is CC(C)(c1nc(-c2cccc(Cl)c2)no1)C1CCCNC1. The second-order valence-electron chi connectivity index (χ2n) is 6.20. The van der Waals surface area contributed by atoms with E-state index in [9.17, 15) is 0 Å². The van der Waals surface area contributed by atoms with Crippen LogP contribution in [0.25, 0.3) is 11.4 Å². The fourth-order valence-corrected chi connectivity index (χ4v) is 3.06. The number of nitrogens with zero attached hydrogens (tertiary/aromatic N) is 2. The summed E-state index contributed by atoms with van der Waals surface area (Å²) in [5.41, 5.74) is 0.757. The number of benzene rings is 1. The Labute approximate surface area is 129 Å². The Balaban J connectivity index is 1.86. The van der Waals surface area contributed by atoms with E-state index < -0.39 is 0 Å². The van der Waals surface area contributed by atoms with E-state index >= 15 is 0 Å². The zero-order chi connectivity index (χ0) is 14.9. The molecule has 3 rings (SSSR count). The zero-order valence-electron chi connectivity index (χ0n) is 12.4. The van der Waals surface area contributed by atoms with Crippen LogP contribution in [0, 0.1) is 5.92 Å². The van der Waals surface area contributed by atoms with Gasteiger partial charge in [0.1, 0.15) is 0 Å². The van der Waals surface area contributed by atoms with E-state index in [-0.39, 0.29) is 5.41 Å². The van der Waals surface area contributed by atoms with Gasteiger partial charge in [-0.2, -0.15) is 4.98 Å². The Morgan fingerprint density at radius 3 is 2.95 bits per heavy atom. The second-order valence-corrected chi connectivity index (χ2v) is 6.63. The molecule has 2 heterocycles. The first-order valence-electron chi connectivity index (χ1n) is 7.38. The molecular weight excluding hydrogens is 286 g/mol. The van der Waals surface area contributed by atoms with Crippen molar-refractivity contribution in [1.29, 1.82) is 0 Å². The maximum Gasteiger partial charge on any atom is 0.232 e. The van der Waals surface area contributed by atoms with Crippen LogP contribution in [-0.2, 0) is 5.41 Å². The number of rotatable bonds is 3. The molecule has 0 saturated carbocycles. The molecule has 0 bridgehead atoms. The van der Waals surface area contributed by atoms with Gasteiger partial charge in [0.05, 0.1) is 0 Å². The summed E-state index contributed by atoms with van der Waals surface area (Å²) in [7, 11) is 0. The number of hydrogen-bond donors (Lipinski definition) is 1. The molecule has 4 nitrogen and oxygen atoms in total. The number of halogens is 1. The predicted octanol–water partition coefficient (Wildman–Crippen LogP) is 3.67. The lowest BCUT2D eigenvalue weighted by atomic mass is 9.75. The first-order chi connectivity index (χ1) is 10.1. The zero-order valence-corrected chi connectivity index (χ0v) is 13.2. The summed E-state index contributed by atoms with van der Waals surface area (Å²) in [4.78, 5) is 4.60. The van der Waals surface area contributed by atoms with Crippen molar-refractivity contribution in [3.05, 3.63) is 35.2 Å². The van der Waals surface area contributed by atoms with Crippen molar-refractivity contribution in [1.82, 2.24) is 15.5 Å². The highest BCUT2D eigenvalue weighted by atomic mass is 35.5. The van der Waals surface area contributed by atoms with Gasteiger partial charge in [-0.05, 0) is 44.0 Å². The topological polar surface area (TPSA) is 51.0 Å².